The third-order valence-electron chi connectivity index (χ3n) is 6.20. The third-order valence-corrected chi connectivity index (χ3v) is 6.20. The van der Waals surface area contributed by atoms with Gasteiger partial charge in [0, 0.05) is 11.0 Å². The lowest BCUT2D eigenvalue weighted by Crippen LogP contribution is -1.83. The van der Waals surface area contributed by atoms with Gasteiger partial charge in [-0.3, -0.25) is 0 Å². The lowest BCUT2D eigenvalue weighted by molar-refractivity contribution is 0.594. The zero-order chi connectivity index (χ0) is 42.6. The number of hydrogen-bond acceptors (Lipinski definition) is 0. The predicted molar refractivity (Wildman–Crippen MR) is 225 cm³/mol. The molecular formula is C48H76. The molecule has 0 aliphatic rings. The summed E-state index contributed by atoms with van der Waals surface area (Å²) in [5, 5.41) is 0. The van der Waals surface area contributed by atoms with E-state index >= 15 is 0 Å². The molecule has 0 aliphatic heterocycles. The van der Waals surface area contributed by atoms with Crippen molar-refractivity contribution in [3.05, 3.63) is 146 Å². The summed E-state index contributed by atoms with van der Waals surface area (Å²) >= 11 is 0. The van der Waals surface area contributed by atoms with Crippen molar-refractivity contribution < 1.29 is 11.0 Å². The summed E-state index contributed by atoms with van der Waals surface area (Å²) in [5.74, 6) is 0.831. The molecule has 0 bridgehead atoms. The first kappa shape index (κ1) is 33.4. The maximum atomic E-state index is 7.96. The summed E-state index contributed by atoms with van der Waals surface area (Å²) in [6.07, 6.45) is 48.9. The van der Waals surface area contributed by atoms with Crippen LogP contribution in [0.1, 0.15) is 155 Å². The summed E-state index contributed by atoms with van der Waals surface area (Å²) in [4.78, 5) is 0. The van der Waals surface area contributed by atoms with E-state index in [4.69, 9.17) is 11.0 Å². The van der Waals surface area contributed by atoms with E-state index in [0.717, 1.165) is 57.8 Å². The van der Waals surface area contributed by atoms with Crippen LogP contribution in [0.3, 0.4) is 0 Å². The second kappa shape index (κ2) is 43.9. The molecule has 0 N–H and O–H groups in total. The van der Waals surface area contributed by atoms with Crippen LogP contribution >= 0.6 is 0 Å². The summed E-state index contributed by atoms with van der Waals surface area (Å²) in [7, 11) is 0. The van der Waals surface area contributed by atoms with Crippen molar-refractivity contribution in [3.63, 3.8) is 0 Å². The quantitative estimate of drug-likeness (QED) is 0.0733. The molecule has 0 heteroatoms. The second-order valence-electron chi connectivity index (χ2n) is 11.9. The summed E-state index contributed by atoms with van der Waals surface area (Å²) in [6.45, 7) is 12.5. The monoisotopic (exact) mass is 661 g/mol. The lowest BCUT2D eigenvalue weighted by atomic mass is 10.1. The molecule has 0 aliphatic carbocycles. The second-order valence-corrected chi connectivity index (χ2v) is 11.9. The van der Waals surface area contributed by atoms with Crippen molar-refractivity contribution in [1.29, 1.82) is 0 Å². The topological polar surface area (TPSA) is 0 Å². The Balaban J connectivity index is 0. The molecule has 268 valence electrons. The molecule has 0 atom stereocenters. The fourth-order valence-electron chi connectivity index (χ4n) is 3.56. The van der Waals surface area contributed by atoms with Crippen LogP contribution < -0.4 is 0 Å². The van der Waals surface area contributed by atoms with Crippen molar-refractivity contribution in [2.45, 2.75) is 144 Å². The zero-order valence-electron chi connectivity index (χ0n) is 39.5. The SMILES string of the molecule is [2H]C([2H])(/C=C\C/C=C\C/C=C\C/C=C\C/C=C\CC)/C=C\C([2H])([2H])CC(C)C.[2H]C([2H])(/C=C\C/C=C\C/C=C\C/C=C\CC)/C=C\C([2H])([2H])/C=C\CCC(C)C. The molecule has 0 aromatic rings. The number of hydrogen-bond donors (Lipinski definition) is 0. The van der Waals surface area contributed by atoms with Gasteiger partial charge in [0.15, 0.2) is 0 Å². The van der Waals surface area contributed by atoms with E-state index in [9.17, 15) is 0 Å². The molecule has 0 aromatic carbocycles. The number of rotatable bonds is 28. The van der Waals surface area contributed by atoms with Gasteiger partial charge in [-0.25, -0.2) is 0 Å². The van der Waals surface area contributed by atoms with Crippen LogP contribution in [-0.4, -0.2) is 0 Å². The molecule has 48 heavy (non-hydrogen) atoms. The Hall–Kier alpha value is -3.12. The van der Waals surface area contributed by atoms with Crippen LogP contribution in [0, 0.1) is 11.8 Å². The lowest BCUT2D eigenvalue weighted by Gasteiger charge is -1.98. The molecule has 0 amide bonds. The van der Waals surface area contributed by atoms with Crippen LogP contribution in [0.5, 0.6) is 0 Å². The minimum atomic E-state index is -1.65. The van der Waals surface area contributed by atoms with Crippen molar-refractivity contribution in [2.24, 2.45) is 11.8 Å². The Morgan fingerprint density at radius 3 is 0.938 bits per heavy atom. The molecule has 0 aromatic heterocycles. The Morgan fingerprint density at radius 2 is 0.604 bits per heavy atom. The highest BCUT2D eigenvalue weighted by Crippen LogP contribution is 2.05. The van der Waals surface area contributed by atoms with Crippen molar-refractivity contribution >= 4 is 0 Å². The zero-order valence-corrected chi connectivity index (χ0v) is 31.5. The molecular weight excluding hydrogens is 577 g/mol. The molecule has 0 unspecified atom stereocenters. The van der Waals surface area contributed by atoms with Gasteiger partial charge in [0.05, 0.1) is 0 Å². The van der Waals surface area contributed by atoms with Crippen molar-refractivity contribution in [1.82, 2.24) is 0 Å². The minimum Gasteiger partial charge on any atom is -0.0885 e. The van der Waals surface area contributed by atoms with Crippen LogP contribution in [0.15, 0.2) is 146 Å². The average molecular weight is 661 g/mol. The standard InChI is InChI=1S/2C24H38/c2*1-4-5-6-7-8-9-10-11-12-13-14-15-16-17-18-19-20-21-22-23-24(2)3/h2*5-6,8-9,11-12,14-15,17-18,20-21,24H,4,7,10,13,16,19,22-23H2,1-3H3/b2*6-5-,9-8-,12-11-,15-14-,18-17-,21-20-/i19D2,22D2;16D2,19D2. The Labute approximate surface area is 312 Å². The minimum absolute atomic E-state index is 0.235. The van der Waals surface area contributed by atoms with Gasteiger partial charge in [-0.2, -0.15) is 0 Å². The van der Waals surface area contributed by atoms with E-state index in [0.29, 0.717) is 25.2 Å². The van der Waals surface area contributed by atoms with Gasteiger partial charge in [0.1, 0.15) is 0 Å². The average Bonchev–Trinajstić information content (AvgIpc) is 3.11. The van der Waals surface area contributed by atoms with Crippen LogP contribution in [0.25, 0.3) is 0 Å². The first-order valence-corrected chi connectivity index (χ1v) is 18.4. The summed E-state index contributed by atoms with van der Waals surface area (Å²) in [6, 6.07) is 0. The van der Waals surface area contributed by atoms with Gasteiger partial charge in [0.2, 0.25) is 0 Å². The highest BCUT2D eigenvalue weighted by atomic mass is 14.0. The molecule has 0 fully saturated rings. The van der Waals surface area contributed by atoms with Gasteiger partial charge in [0.25, 0.3) is 0 Å². The summed E-state index contributed by atoms with van der Waals surface area (Å²) < 4.78 is 63.4. The van der Waals surface area contributed by atoms with Gasteiger partial charge in [-0.15, -0.1) is 0 Å². The molecule has 0 rings (SSSR count). The normalized spacial score (nSPS) is 17.2. The number of allylic oxidation sites excluding steroid dienone is 24. The molecule has 0 heterocycles. The van der Waals surface area contributed by atoms with E-state index in [1.165, 1.54) is 42.5 Å². The summed E-state index contributed by atoms with van der Waals surface area (Å²) in [5.41, 5.74) is 0. The molecule has 0 nitrogen and oxygen atoms in total. The van der Waals surface area contributed by atoms with E-state index in [1.807, 2.05) is 32.1 Å². The van der Waals surface area contributed by atoms with Crippen LogP contribution in [-0.2, 0) is 0 Å². The molecule has 0 saturated heterocycles. The fraction of sp³-hybridized carbons (Fsp3) is 0.500. The Kier molecular flexibility index (Phi) is 30.5. The third kappa shape index (κ3) is 49.8. The Bertz CT molecular complexity index is 1320. The highest BCUT2D eigenvalue weighted by molar-refractivity contribution is 5.03. The smallest absolute Gasteiger partial charge is 0.0353 e. The highest BCUT2D eigenvalue weighted by Gasteiger charge is 1.89. The first-order chi connectivity index (χ1) is 26.4. The van der Waals surface area contributed by atoms with Crippen LogP contribution in [0.2, 0.25) is 0 Å². The molecule has 0 radical (unpaired) electrons. The largest absolute Gasteiger partial charge is 0.0885 e. The van der Waals surface area contributed by atoms with E-state index < -0.39 is 25.5 Å². The first-order valence-electron chi connectivity index (χ1n) is 22.4. The van der Waals surface area contributed by atoms with Gasteiger partial charge in [-0.05, 0) is 114 Å². The van der Waals surface area contributed by atoms with E-state index in [2.05, 4.69) is 101 Å². The Morgan fingerprint density at radius 1 is 0.333 bits per heavy atom. The maximum absolute atomic E-state index is 7.96. The molecule has 0 spiro atoms. The molecule has 0 saturated carbocycles. The van der Waals surface area contributed by atoms with E-state index in [-0.39, 0.29) is 5.92 Å². The van der Waals surface area contributed by atoms with Crippen molar-refractivity contribution in [2.75, 3.05) is 0 Å². The fourth-order valence-corrected chi connectivity index (χ4v) is 3.56. The predicted octanol–water partition coefficient (Wildman–Crippen LogP) is 16.2. The maximum Gasteiger partial charge on any atom is 0.0353 e. The van der Waals surface area contributed by atoms with Crippen molar-refractivity contribution in [3.8, 4) is 0 Å². The van der Waals surface area contributed by atoms with Crippen LogP contribution in [0.4, 0.5) is 0 Å². The van der Waals surface area contributed by atoms with Gasteiger partial charge in [-0.1, -0.05) is 187 Å². The van der Waals surface area contributed by atoms with Gasteiger partial charge < -0.3 is 0 Å². The van der Waals surface area contributed by atoms with E-state index in [1.54, 1.807) is 12.2 Å². The van der Waals surface area contributed by atoms with Gasteiger partial charge >= 0.3 is 0 Å².